The van der Waals surface area contributed by atoms with E-state index in [1.807, 2.05) is 4.89 Å². The third kappa shape index (κ3) is 3.27. The van der Waals surface area contributed by atoms with Crippen molar-refractivity contribution < 1.29 is 18.0 Å². The number of hydrogen-bond donors (Lipinski definition) is 1. The van der Waals surface area contributed by atoms with E-state index in [0.29, 0.717) is 12.4 Å². The molecular weight excluding hydrogens is 234 g/mol. The molecule has 0 unspecified atom stereocenters. The zero-order valence-electron chi connectivity index (χ0n) is 9.43. The SMILES string of the molecule is COCCONS(=O)(=O)c1cn(C)c(C)n1. The maximum Gasteiger partial charge on any atom is 0.281 e. The van der Waals surface area contributed by atoms with Crippen LogP contribution in [0.25, 0.3) is 0 Å². The number of nitrogens with zero attached hydrogens (tertiary/aromatic N) is 2. The molecule has 0 saturated heterocycles. The predicted molar refractivity (Wildman–Crippen MR) is 56.1 cm³/mol. The molecule has 0 aliphatic rings. The largest absolute Gasteiger partial charge is 0.382 e. The number of rotatable bonds is 6. The molecule has 0 radical (unpaired) electrons. The summed E-state index contributed by atoms with van der Waals surface area (Å²) in [7, 11) is -0.487. The van der Waals surface area contributed by atoms with Gasteiger partial charge in [0.25, 0.3) is 10.0 Å². The lowest BCUT2D eigenvalue weighted by atomic mass is 10.7. The summed E-state index contributed by atoms with van der Waals surface area (Å²) in [5, 5.41) is -0.0649. The third-order valence-corrected chi connectivity index (χ3v) is 3.00. The van der Waals surface area contributed by atoms with Gasteiger partial charge in [-0.05, 0) is 6.92 Å². The zero-order chi connectivity index (χ0) is 12.2. The van der Waals surface area contributed by atoms with Crippen LogP contribution in [0.2, 0.25) is 0 Å². The van der Waals surface area contributed by atoms with Crippen LogP contribution in [0.1, 0.15) is 5.82 Å². The molecule has 0 amide bonds. The number of hydrogen-bond acceptors (Lipinski definition) is 5. The Morgan fingerprint density at radius 3 is 2.69 bits per heavy atom. The van der Waals surface area contributed by atoms with Crippen molar-refractivity contribution in [3.8, 4) is 0 Å². The number of sulfonamides is 1. The zero-order valence-corrected chi connectivity index (χ0v) is 10.2. The van der Waals surface area contributed by atoms with Crippen LogP contribution in [-0.4, -0.2) is 38.3 Å². The first kappa shape index (κ1) is 13.1. The van der Waals surface area contributed by atoms with Crippen molar-refractivity contribution in [3.05, 3.63) is 12.0 Å². The molecule has 0 spiro atoms. The maximum atomic E-state index is 11.6. The molecule has 0 saturated carbocycles. The van der Waals surface area contributed by atoms with Crippen LogP contribution < -0.4 is 4.89 Å². The highest BCUT2D eigenvalue weighted by atomic mass is 32.2. The van der Waals surface area contributed by atoms with Crippen molar-refractivity contribution in [2.24, 2.45) is 7.05 Å². The lowest BCUT2D eigenvalue weighted by Crippen LogP contribution is -2.26. The van der Waals surface area contributed by atoms with Gasteiger partial charge in [0.1, 0.15) is 5.82 Å². The van der Waals surface area contributed by atoms with Crippen LogP contribution in [0.4, 0.5) is 0 Å². The summed E-state index contributed by atoms with van der Waals surface area (Å²) < 4.78 is 29.5. The van der Waals surface area contributed by atoms with Gasteiger partial charge in [-0.3, -0.25) is 4.84 Å². The van der Waals surface area contributed by atoms with Crippen LogP contribution >= 0.6 is 0 Å². The number of ether oxygens (including phenoxy) is 1. The maximum absolute atomic E-state index is 11.6. The summed E-state index contributed by atoms with van der Waals surface area (Å²) in [6, 6.07) is 0. The number of aryl methyl sites for hydroxylation is 2. The average molecular weight is 249 g/mol. The molecule has 1 aromatic rings. The van der Waals surface area contributed by atoms with Gasteiger partial charge in [0.2, 0.25) is 0 Å². The van der Waals surface area contributed by atoms with Crippen molar-refractivity contribution >= 4 is 10.0 Å². The van der Waals surface area contributed by atoms with E-state index in [4.69, 9.17) is 9.57 Å². The van der Waals surface area contributed by atoms with Crippen LogP contribution in [-0.2, 0) is 26.6 Å². The second-order valence-corrected chi connectivity index (χ2v) is 4.76. The smallest absolute Gasteiger partial charge is 0.281 e. The van der Waals surface area contributed by atoms with E-state index < -0.39 is 10.0 Å². The fraction of sp³-hybridized carbons (Fsp3) is 0.625. The van der Waals surface area contributed by atoms with Gasteiger partial charge in [-0.25, -0.2) is 13.4 Å². The molecule has 0 fully saturated rings. The Morgan fingerprint density at radius 2 is 2.19 bits per heavy atom. The summed E-state index contributed by atoms with van der Waals surface area (Å²) in [4.78, 5) is 10.6. The van der Waals surface area contributed by atoms with E-state index in [1.54, 1.807) is 18.5 Å². The highest BCUT2D eigenvalue weighted by Crippen LogP contribution is 2.06. The Hall–Kier alpha value is -0.960. The van der Waals surface area contributed by atoms with Gasteiger partial charge in [-0.2, -0.15) is 0 Å². The van der Waals surface area contributed by atoms with Crippen LogP contribution in [0.5, 0.6) is 0 Å². The minimum absolute atomic E-state index is 0.0649. The average Bonchev–Trinajstić information content (AvgIpc) is 2.55. The highest BCUT2D eigenvalue weighted by molar-refractivity contribution is 7.89. The van der Waals surface area contributed by atoms with E-state index in [9.17, 15) is 8.42 Å². The fourth-order valence-corrected chi connectivity index (χ4v) is 1.82. The summed E-state index contributed by atoms with van der Waals surface area (Å²) in [6.45, 7) is 2.16. The normalized spacial score (nSPS) is 11.9. The summed E-state index contributed by atoms with van der Waals surface area (Å²) in [5.41, 5.74) is 0. The first-order valence-electron chi connectivity index (χ1n) is 4.60. The van der Waals surface area contributed by atoms with E-state index >= 15 is 0 Å². The van der Waals surface area contributed by atoms with E-state index in [0.717, 1.165) is 0 Å². The minimum Gasteiger partial charge on any atom is -0.382 e. The summed E-state index contributed by atoms with van der Waals surface area (Å²) in [5.74, 6) is 0.609. The molecule has 7 nitrogen and oxygen atoms in total. The molecule has 8 heteroatoms. The van der Waals surface area contributed by atoms with Gasteiger partial charge >= 0.3 is 0 Å². The molecule has 16 heavy (non-hydrogen) atoms. The van der Waals surface area contributed by atoms with Gasteiger partial charge in [-0.15, -0.1) is 0 Å². The van der Waals surface area contributed by atoms with Crippen LogP contribution in [0.3, 0.4) is 0 Å². The van der Waals surface area contributed by atoms with Gasteiger partial charge in [0.15, 0.2) is 5.03 Å². The lowest BCUT2D eigenvalue weighted by Gasteiger charge is -2.03. The molecule has 1 aromatic heterocycles. The number of imidazole rings is 1. The van der Waals surface area contributed by atoms with E-state index in [1.165, 1.54) is 13.3 Å². The number of methoxy groups -OCH3 is 1. The summed E-state index contributed by atoms with van der Waals surface area (Å²) in [6.07, 6.45) is 1.41. The van der Waals surface area contributed by atoms with Crippen molar-refractivity contribution in [2.75, 3.05) is 20.3 Å². The molecule has 1 heterocycles. The van der Waals surface area contributed by atoms with Crippen LogP contribution in [0.15, 0.2) is 11.2 Å². The summed E-state index contributed by atoms with van der Waals surface area (Å²) >= 11 is 0. The third-order valence-electron chi connectivity index (χ3n) is 1.92. The molecular formula is C8H15N3O4S. The monoisotopic (exact) mass is 249 g/mol. The molecule has 0 atom stereocenters. The fourth-order valence-electron chi connectivity index (χ4n) is 0.943. The van der Waals surface area contributed by atoms with Gasteiger partial charge < -0.3 is 9.30 Å². The Bertz CT molecular complexity index is 421. The van der Waals surface area contributed by atoms with Crippen molar-refractivity contribution in [2.45, 2.75) is 11.9 Å². The first-order chi connectivity index (χ1) is 7.47. The number of nitrogens with one attached hydrogen (secondary N) is 1. The molecule has 0 aromatic carbocycles. The molecule has 92 valence electrons. The van der Waals surface area contributed by atoms with E-state index in [-0.39, 0.29) is 11.6 Å². The second kappa shape index (κ2) is 5.39. The molecule has 1 N–H and O–H groups in total. The van der Waals surface area contributed by atoms with Gasteiger partial charge in [-0.1, -0.05) is 4.89 Å². The lowest BCUT2D eigenvalue weighted by molar-refractivity contribution is 0.0437. The van der Waals surface area contributed by atoms with Crippen molar-refractivity contribution in [3.63, 3.8) is 0 Å². The van der Waals surface area contributed by atoms with Crippen LogP contribution in [0, 0.1) is 6.92 Å². The molecule has 0 aliphatic heterocycles. The van der Waals surface area contributed by atoms with Crippen molar-refractivity contribution in [1.82, 2.24) is 14.4 Å². The Balaban J connectivity index is 2.64. The predicted octanol–water partition coefficient (Wildman–Crippen LogP) is -0.415. The molecule has 0 bridgehead atoms. The van der Waals surface area contributed by atoms with E-state index in [2.05, 4.69) is 4.98 Å². The Kier molecular flexibility index (Phi) is 4.42. The standard InChI is InChI=1S/C8H15N3O4S/c1-7-9-8(6-11(7)2)16(12,13)10-15-5-4-14-3/h6,10H,4-5H2,1-3H3. The molecule has 0 aliphatic carbocycles. The number of aromatic nitrogens is 2. The van der Waals surface area contributed by atoms with Gasteiger partial charge in [0, 0.05) is 20.4 Å². The molecule has 1 rings (SSSR count). The minimum atomic E-state index is -3.70. The van der Waals surface area contributed by atoms with Gasteiger partial charge in [0.05, 0.1) is 13.2 Å². The quantitative estimate of drug-likeness (QED) is 0.547. The Morgan fingerprint density at radius 1 is 1.50 bits per heavy atom. The topological polar surface area (TPSA) is 82.5 Å². The first-order valence-corrected chi connectivity index (χ1v) is 6.08. The Labute approximate surface area is 94.4 Å². The van der Waals surface area contributed by atoms with Crippen molar-refractivity contribution in [1.29, 1.82) is 0 Å². The second-order valence-electron chi connectivity index (χ2n) is 3.17. The highest BCUT2D eigenvalue weighted by Gasteiger charge is 2.18.